The molecule has 1 atom stereocenters. The van der Waals surface area contributed by atoms with Gasteiger partial charge < -0.3 is 5.32 Å². The Hall–Kier alpha value is -2.95. The van der Waals surface area contributed by atoms with Crippen molar-refractivity contribution in [3.63, 3.8) is 0 Å². The van der Waals surface area contributed by atoms with Gasteiger partial charge in [0, 0.05) is 16.6 Å². The van der Waals surface area contributed by atoms with E-state index in [1.54, 1.807) is 48.5 Å². The quantitative estimate of drug-likeness (QED) is 0.461. The molecule has 0 radical (unpaired) electrons. The van der Waals surface area contributed by atoms with Gasteiger partial charge in [-0.1, -0.05) is 64.1 Å². The minimum atomic E-state index is -4.08. The maximum Gasteiger partial charge on any atom is 0.284 e. The number of amidine groups is 1. The summed E-state index contributed by atoms with van der Waals surface area (Å²) >= 11 is 4.25. The van der Waals surface area contributed by atoms with Gasteiger partial charge in [0.2, 0.25) is 11.8 Å². The molecule has 7 nitrogen and oxygen atoms in total. The largest absolute Gasteiger partial charge is 0.326 e. The Kier molecular flexibility index (Phi) is 7.20. The van der Waals surface area contributed by atoms with Crippen LogP contribution in [0.3, 0.4) is 0 Å². The zero-order chi connectivity index (χ0) is 24.3. The number of para-hydroxylation sites is 2. The number of halogens is 1. The number of nitrogens with one attached hydrogen (secondary N) is 1. The van der Waals surface area contributed by atoms with Crippen molar-refractivity contribution < 1.29 is 18.0 Å². The number of anilines is 2. The van der Waals surface area contributed by atoms with Crippen LogP contribution in [0.25, 0.3) is 0 Å². The Morgan fingerprint density at radius 3 is 2.35 bits per heavy atom. The minimum absolute atomic E-state index is 0.00464. The summed E-state index contributed by atoms with van der Waals surface area (Å²) in [4.78, 5) is 27.2. The Bertz CT molecular complexity index is 1360. The molecule has 0 spiro atoms. The van der Waals surface area contributed by atoms with E-state index >= 15 is 0 Å². The maximum absolute atomic E-state index is 13.3. The van der Waals surface area contributed by atoms with Crippen LogP contribution in [0, 0.1) is 6.92 Å². The molecule has 0 saturated carbocycles. The van der Waals surface area contributed by atoms with Crippen molar-refractivity contribution >= 4 is 66.1 Å². The van der Waals surface area contributed by atoms with Crippen LogP contribution in [-0.2, 0) is 19.6 Å². The van der Waals surface area contributed by atoms with Crippen LogP contribution < -0.4 is 10.2 Å². The minimum Gasteiger partial charge on any atom is -0.326 e. The lowest BCUT2D eigenvalue weighted by molar-refractivity contribution is -0.121. The molecule has 0 bridgehead atoms. The fraction of sp³-hybridized carbons (Fsp3) is 0.125. The molecule has 1 aliphatic heterocycles. The van der Waals surface area contributed by atoms with Crippen LogP contribution in [0.1, 0.15) is 12.0 Å². The van der Waals surface area contributed by atoms with E-state index in [1.807, 2.05) is 25.1 Å². The molecule has 1 heterocycles. The molecule has 2 amide bonds. The summed E-state index contributed by atoms with van der Waals surface area (Å²) in [6, 6.07) is 22.1. The number of benzene rings is 3. The molecule has 1 N–H and O–H groups in total. The van der Waals surface area contributed by atoms with Gasteiger partial charge in [-0.25, -0.2) is 0 Å². The first-order chi connectivity index (χ1) is 16.2. The van der Waals surface area contributed by atoms with Crippen LogP contribution in [0.15, 0.2) is 92.6 Å². The third kappa shape index (κ3) is 5.40. The highest BCUT2D eigenvalue weighted by Gasteiger charge is 2.41. The van der Waals surface area contributed by atoms with E-state index in [-0.39, 0.29) is 22.4 Å². The molecule has 174 valence electrons. The average Bonchev–Trinajstić information content (AvgIpc) is 3.10. The predicted octanol–water partition coefficient (Wildman–Crippen LogP) is 4.98. The van der Waals surface area contributed by atoms with Crippen molar-refractivity contribution in [3.05, 3.63) is 88.9 Å². The first-order valence-electron chi connectivity index (χ1n) is 10.3. The molecule has 10 heteroatoms. The second kappa shape index (κ2) is 10.1. The Labute approximate surface area is 210 Å². The monoisotopic (exact) mass is 557 g/mol. The normalized spacial score (nSPS) is 17.2. The highest BCUT2D eigenvalue weighted by atomic mass is 79.9. The van der Waals surface area contributed by atoms with Crippen LogP contribution in [0.2, 0.25) is 0 Å². The Morgan fingerprint density at radius 2 is 1.68 bits per heavy atom. The van der Waals surface area contributed by atoms with Crippen molar-refractivity contribution in [3.8, 4) is 0 Å². The topological polar surface area (TPSA) is 95.9 Å². The van der Waals surface area contributed by atoms with E-state index in [4.69, 9.17) is 0 Å². The summed E-state index contributed by atoms with van der Waals surface area (Å²) in [7, 11) is -4.08. The summed E-state index contributed by atoms with van der Waals surface area (Å²) in [6.45, 7) is 1.87. The maximum atomic E-state index is 13.3. The van der Waals surface area contributed by atoms with Crippen molar-refractivity contribution in [2.75, 3.05) is 10.2 Å². The van der Waals surface area contributed by atoms with Gasteiger partial charge in [-0.2, -0.15) is 8.42 Å². The van der Waals surface area contributed by atoms with Crippen LogP contribution in [0.4, 0.5) is 11.4 Å². The van der Waals surface area contributed by atoms with Crippen molar-refractivity contribution in [1.82, 2.24) is 0 Å². The van der Waals surface area contributed by atoms with E-state index in [2.05, 4.69) is 25.6 Å². The van der Waals surface area contributed by atoms with E-state index in [0.717, 1.165) is 21.8 Å². The standard InChI is InChI=1S/C24H20BrN3O4S2/c1-16-7-5-6-10-20(16)26-22(29)15-21-23(30)28(18-8-3-2-4-9-18)24(33-21)27-34(31,32)19-13-11-17(25)12-14-19/h2-14,21H,15H2,1H3,(H,26,29). The van der Waals surface area contributed by atoms with Gasteiger partial charge in [-0.15, -0.1) is 4.40 Å². The first kappa shape index (κ1) is 24.2. The van der Waals surface area contributed by atoms with Crippen molar-refractivity contribution in [2.24, 2.45) is 4.40 Å². The number of aryl methyl sites for hydroxylation is 1. The molecular formula is C24H20BrN3O4S2. The molecule has 1 aliphatic rings. The van der Waals surface area contributed by atoms with Gasteiger partial charge in [-0.05, 0) is 55.0 Å². The number of thioether (sulfide) groups is 1. The first-order valence-corrected chi connectivity index (χ1v) is 13.4. The number of nitrogens with zero attached hydrogens (tertiary/aromatic N) is 2. The number of sulfonamides is 1. The van der Waals surface area contributed by atoms with Gasteiger partial charge in [0.25, 0.3) is 10.0 Å². The summed E-state index contributed by atoms with van der Waals surface area (Å²) in [6.07, 6.45) is -0.126. The lowest BCUT2D eigenvalue weighted by atomic mass is 10.2. The summed E-state index contributed by atoms with van der Waals surface area (Å²) in [5, 5.41) is 2.01. The molecule has 0 aliphatic carbocycles. The third-order valence-electron chi connectivity index (χ3n) is 5.05. The Morgan fingerprint density at radius 1 is 1.03 bits per heavy atom. The highest BCUT2D eigenvalue weighted by molar-refractivity contribution is 9.10. The number of amides is 2. The molecular weight excluding hydrogens is 538 g/mol. The average molecular weight is 558 g/mol. The van der Waals surface area contributed by atoms with Crippen LogP contribution in [0.5, 0.6) is 0 Å². The lowest BCUT2D eigenvalue weighted by Gasteiger charge is -2.16. The smallest absolute Gasteiger partial charge is 0.284 e. The molecule has 0 aromatic heterocycles. The van der Waals surface area contributed by atoms with Gasteiger partial charge in [-0.3, -0.25) is 14.5 Å². The summed E-state index contributed by atoms with van der Waals surface area (Å²) < 4.78 is 30.6. The van der Waals surface area contributed by atoms with E-state index < -0.39 is 21.2 Å². The van der Waals surface area contributed by atoms with Crippen LogP contribution in [-0.4, -0.2) is 30.6 Å². The lowest BCUT2D eigenvalue weighted by Crippen LogP contribution is -2.33. The molecule has 1 unspecified atom stereocenters. The van der Waals surface area contributed by atoms with E-state index in [9.17, 15) is 18.0 Å². The zero-order valence-corrected chi connectivity index (χ0v) is 21.2. The fourth-order valence-electron chi connectivity index (χ4n) is 3.32. The second-order valence-corrected chi connectivity index (χ2v) is 11.2. The molecule has 1 fully saturated rings. The highest BCUT2D eigenvalue weighted by Crippen LogP contribution is 2.35. The van der Waals surface area contributed by atoms with Gasteiger partial charge in [0.1, 0.15) is 5.25 Å². The van der Waals surface area contributed by atoms with Crippen molar-refractivity contribution in [2.45, 2.75) is 23.5 Å². The number of carbonyl (C=O) groups is 2. The van der Waals surface area contributed by atoms with Crippen molar-refractivity contribution in [1.29, 1.82) is 0 Å². The zero-order valence-electron chi connectivity index (χ0n) is 18.0. The molecule has 3 aromatic carbocycles. The number of rotatable bonds is 6. The van der Waals surface area contributed by atoms with E-state index in [0.29, 0.717) is 11.4 Å². The Balaban J connectivity index is 1.63. The summed E-state index contributed by atoms with van der Waals surface area (Å²) in [5.41, 5.74) is 2.04. The number of carbonyl (C=O) groups excluding carboxylic acids is 2. The molecule has 1 saturated heterocycles. The predicted molar refractivity (Wildman–Crippen MR) is 138 cm³/mol. The SMILES string of the molecule is Cc1ccccc1NC(=O)CC1SC(=NS(=O)(=O)c2ccc(Br)cc2)N(c2ccccc2)C1=O. The van der Waals surface area contributed by atoms with Crippen LogP contribution >= 0.6 is 27.7 Å². The van der Waals surface area contributed by atoms with Gasteiger partial charge >= 0.3 is 0 Å². The van der Waals surface area contributed by atoms with E-state index in [1.165, 1.54) is 17.0 Å². The third-order valence-corrected chi connectivity index (χ3v) is 8.11. The fourth-order valence-corrected chi connectivity index (χ4v) is 5.92. The molecule has 4 rings (SSSR count). The molecule has 34 heavy (non-hydrogen) atoms. The second-order valence-electron chi connectivity index (χ2n) is 7.49. The molecule has 3 aromatic rings. The van der Waals surface area contributed by atoms with Gasteiger partial charge in [0.05, 0.1) is 10.6 Å². The number of hydrogen-bond acceptors (Lipinski definition) is 5. The number of hydrogen-bond donors (Lipinski definition) is 1. The van der Waals surface area contributed by atoms with Gasteiger partial charge in [0.15, 0.2) is 5.17 Å². The summed E-state index contributed by atoms with van der Waals surface area (Å²) in [5.74, 6) is -0.744.